The summed E-state index contributed by atoms with van der Waals surface area (Å²) in [6.45, 7) is 3.05. The highest BCUT2D eigenvalue weighted by Gasteiger charge is 2.15. The molecule has 0 aliphatic carbocycles. The number of H-pyrrole nitrogens is 1. The number of aromatic amines is 1. The molecular formula is C20H23ClN4O3S. The highest BCUT2D eigenvalue weighted by atomic mass is 35.5. The number of halogens is 1. The van der Waals surface area contributed by atoms with Gasteiger partial charge in [-0.1, -0.05) is 30.7 Å². The highest BCUT2D eigenvalue weighted by Crippen LogP contribution is 2.36. The van der Waals surface area contributed by atoms with Crippen LogP contribution in [-0.4, -0.2) is 35.7 Å². The molecule has 3 rings (SSSR count). The van der Waals surface area contributed by atoms with Crippen molar-refractivity contribution in [3.8, 4) is 28.6 Å². The number of aromatic nitrogens is 3. The zero-order valence-electron chi connectivity index (χ0n) is 16.5. The van der Waals surface area contributed by atoms with Crippen molar-refractivity contribution in [2.45, 2.75) is 19.9 Å². The molecule has 0 aliphatic heterocycles. The van der Waals surface area contributed by atoms with E-state index in [1.807, 2.05) is 43.3 Å². The molecule has 0 spiro atoms. The van der Waals surface area contributed by atoms with Crippen molar-refractivity contribution in [2.75, 3.05) is 26.3 Å². The predicted octanol–water partition coefficient (Wildman–Crippen LogP) is 4.81. The fraction of sp³-hybridized carbons (Fsp3) is 0.300. The van der Waals surface area contributed by atoms with Gasteiger partial charge in [0.15, 0.2) is 17.3 Å². The minimum Gasteiger partial charge on any atom is -0.496 e. The van der Waals surface area contributed by atoms with Crippen LogP contribution in [0.3, 0.4) is 0 Å². The van der Waals surface area contributed by atoms with Gasteiger partial charge in [-0.25, -0.2) is 9.77 Å². The van der Waals surface area contributed by atoms with Gasteiger partial charge in [-0.05, 0) is 48.5 Å². The van der Waals surface area contributed by atoms with Crippen LogP contribution in [0, 0.1) is 4.77 Å². The topological polar surface area (TPSA) is 73.3 Å². The third kappa shape index (κ3) is 4.65. The van der Waals surface area contributed by atoms with Gasteiger partial charge in [-0.3, -0.25) is 0 Å². The molecule has 0 amide bonds. The Kier molecular flexibility index (Phi) is 7.00. The van der Waals surface area contributed by atoms with Crippen molar-refractivity contribution in [3.05, 3.63) is 51.8 Å². The molecule has 154 valence electrons. The number of ether oxygens (including phenoxy) is 3. The molecule has 29 heavy (non-hydrogen) atoms. The van der Waals surface area contributed by atoms with E-state index in [-0.39, 0.29) is 0 Å². The number of hydrogen-bond acceptors (Lipinski definition) is 6. The molecule has 9 heteroatoms. The Labute approximate surface area is 179 Å². The molecule has 0 atom stereocenters. The van der Waals surface area contributed by atoms with E-state index in [1.54, 1.807) is 18.9 Å². The summed E-state index contributed by atoms with van der Waals surface area (Å²) in [4.78, 5) is 0. The van der Waals surface area contributed by atoms with E-state index in [1.165, 1.54) is 0 Å². The van der Waals surface area contributed by atoms with Gasteiger partial charge in [0.05, 0.1) is 38.0 Å². The molecule has 0 radical (unpaired) electrons. The quantitative estimate of drug-likeness (QED) is 0.471. The van der Waals surface area contributed by atoms with Crippen molar-refractivity contribution in [1.82, 2.24) is 14.9 Å². The highest BCUT2D eigenvalue weighted by molar-refractivity contribution is 7.71. The van der Waals surface area contributed by atoms with Crippen molar-refractivity contribution >= 4 is 23.8 Å². The minimum absolute atomic E-state index is 0.437. The van der Waals surface area contributed by atoms with Crippen LogP contribution in [-0.2, 0) is 6.54 Å². The summed E-state index contributed by atoms with van der Waals surface area (Å²) in [5, 5.41) is 7.65. The monoisotopic (exact) mass is 434 g/mol. The summed E-state index contributed by atoms with van der Waals surface area (Å²) in [5.74, 6) is 2.46. The average molecular weight is 435 g/mol. The third-order valence-corrected chi connectivity index (χ3v) is 4.76. The van der Waals surface area contributed by atoms with Crippen LogP contribution < -0.4 is 19.6 Å². The van der Waals surface area contributed by atoms with Gasteiger partial charge in [0.25, 0.3) is 0 Å². The van der Waals surface area contributed by atoms with E-state index >= 15 is 0 Å². The zero-order chi connectivity index (χ0) is 20.8. The first-order valence-electron chi connectivity index (χ1n) is 9.12. The molecule has 0 unspecified atom stereocenters. The molecule has 0 bridgehead atoms. The summed E-state index contributed by atoms with van der Waals surface area (Å²) in [5.41, 5.74) is 5.00. The van der Waals surface area contributed by atoms with Crippen LogP contribution in [0.1, 0.15) is 18.9 Å². The van der Waals surface area contributed by atoms with E-state index in [9.17, 15) is 0 Å². The first kappa shape index (κ1) is 21.0. The lowest BCUT2D eigenvalue weighted by atomic mass is 10.2. The minimum atomic E-state index is 0.437. The first-order chi connectivity index (χ1) is 14.1. The van der Waals surface area contributed by atoms with Gasteiger partial charge in [0, 0.05) is 0 Å². The predicted molar refractivity (Wildman–Crippen MR) is 116 cm³/mol. The van der Waals surface area contributed by atoms with Gasteiger partial charge in [0.1, 0.15) is 5.75 Å². The lowest BCUT2D eigenvalue weighted by molar-refractivity contribution is 0.294. The van der Waals surface area contributed by atoms with Gasteiger partial charge < -0.3 is 19.6 Å². The number of methoxy groups -OCH3 is 2. The van der Waals surface area contributed by atoms with Gasteiger partial charge in [0.2, 0.25) is 4.77 Å². The molecule has 1 heterocycles. The number of nitrogens with one attached hydrogen (secondary N) is 2. The molecule has 1 aromatic heterocycles. The zero-order valence-corrected chi connectivity index (χ0v) is 18.1. The SMILES string of the molecule is CCCOc1c(Cl)cc(CNn2c(-c3ccccc3OC)n[nH]c2=S)cc1OC. The Balaban J connectivity index is 1.87. The number of rotatable bonds is 9. The number of para-hydroxylation sites is 1. The van der Waals surface area contributed by atoms with Crippen LogP contribution in [0.25, 0.3) is 11.4 Å². The first-order valence-corrected chi connectivity index (χ1v) is 9.91. The van der Waals surface area contributed by atoms with Crippen LogP contribution in [0.15, 0.2) is 36.4 Å². The summed E-state index contributed by atoms with van der Waals surface area (Å²) < 4.78 is 18.7. The van der Waals surface area contributed by atoms with E-state index in [0.29, 0.717) is 46.0 Å². The van der Waals surface area contributed by atoms with Crippen LogP contribution in [0.2, 0.25) is 5.02 Å². The maximum absolute atomic E-state index is 6.41. The Morgan fingerprint density at radius 3 is 2.66 bits per heavy atom. The fourth-order valence-electron chi connectivity index (χ4n) is 2.84. The van der Waals surface area contributed by atoms with Gasteiger partial charge in [-0.15, -0.1) is 0 Å². The second-order valence-corrected chi connectivity index (χ2v) is 6.97. The number of nitrogens with zero attached hydrogens (tertiary/aromatic N) is 2. The molecule has 2 aromatic carbocycles. The Hall–Kier alpha value is -2.71. The van der Waals surface area contributed by atoms with Gasteiger partial charge >= 0.3 is 0 Å². The normalized spacial score (nSPS) is 10.6. The second-order valence-electron chi connectivity index (χ2n) is 6.18. The Bertz CT molecular complexity index is 1030. The van der Waals surface area contributed by atoms with E-state index in [0.717, 1.165) is 17.5 Å². The molecule has 0 saturated heterocycles. The Morgan fingerprint density at radius 2 is 1.93 bits per heavy atom. The van der Waals surface area contributed by atoms with Crippen molar-refractivity contribution < 1.29 is 14.2 Å². The summed E-state index contributed by atoms with van der Waals surface area (Å²) >= 11 is 11.8. The molecule has 7 nitrogen and oxygen atoms in total. The van der Waals surface area contributed by atoms with Crippen molar-refractivity contribution in [3.63, 3.8) is 0 Å². The smallest absolute Gasteiger partial charge is 0.214 e. The largest absolute Gasteiger partial charge is 0.496 e. The number of benzene rings is 2. The van der Waals surface area contributed by atoms with Crippen molar-refractivity contribution in [1.29, 1.82) is 0 Å². The van der Waals surface area contributed by atoms with Crippen molar-refractivity contribution in [2.24, 2.45) is 0 Å². The molecule has 2 N–H and O–H groups in total. The van der Waals surface area contributed by atoms with E-state index in [4.69, 9.17) is 38.0 Å². The van der Waals surface area contributed by atoms with Crippen LogP contribution in [0.5, 0.6) is 17.2 Å². The summed E-state index contributed by atoms with van der Waals surface area (Å²) in [7, 11) is 3.21. The lowest BCUT2D eigenvalue weighted by Gasteiger charge is -2.15. The molecule has 0 fully saturated rings. The summed E-state index contributed by atoms with van der Waals surface area (Å²) in [6, 6.07) is 11.3. The van der Waals surface area contributed by atoms with Gasteiger partial charge in [-0.2, -0.15) is 5.10 Å². The molecule has 3 aromatic rings. The average Bonchev–Trinajstić information content (AvgIpc) is 3.11. The standard InChI is InChI=1S/C20H23ClN4O3S/c1-4-9-28-18-15(21)10-13(11-17(18)27-3)12-22-25-19(23-24-20(25)29)14-7-5-6-8-16(14)26-2/h5-8,10-11,22H,4,9,12H2,1-3H3,(H,24,29). The number of hydrogen-bond donors (Lipinski definition) is 2. The lowest BCUT2D eigenvalue weighted by Crippen LogP contribution is -2.16. The van der Waals surface area contributed by atoms with E-state index < -0.39 is 0 Å². The molecule has 0 aliphatic rings. The maximum Gasteiger partial charge on any atom is 0.214 e. The summed E-state index contributed by atoms with van der Waals surface area (Å²) in [6.07, 6.45) is 0.882. The molecule has 0 saturated carbocycles. The second kappa shape index (κ2) is 9.67. The van der Waals surface area contributed by atoms with Crippen LogP contribution in [0.4, 0.5) is 0 Å². The third-order valence-electron chi connectivity index (χ3n) is 4.20. The maximum atomic E-state index is 6.41. The molecular weight excluding hydrogens is 412 g/mol. The Morgan fingerprint density at radius 1 is 1.17 bits per heavy atom. The van der Waals surface area contributed by atoms with E-state index in [2.05, 4.69) is 15.6 Å². The van der Waals surface area contributed by atoms with Crippen LogP contribution >= 0.6 is 23.8 Å². The fourth-order valence-corrected chi connectivity index (χ4v) is 3.33.